The van der Waals surface area contributed by atoms with Crippen LogP contribution in [0.1, 0.15) is 13.8 Å². The third-order valence-electron chi connectivity index (χ3n) is 2.97. The van der Waals surface area contributed by atoms with Crippen LogP contribution < -0.4 is 0 Å². The number of hydrogen-bond acceptors (Lipinski definition) is 3. The summed E-state index contributed by atoms with van der Waals surface area (Å²) in [6, 6.07) is -1.03. The molecule has 0 spiro atoms. The summed E-state index contributed by atoms with van der Waals surface area (Å²) in [4.78, 5) is 24.1. The lowest BCUT2D eigenvalue weighted by atomic mass is 9.98. The molecule has 0 aliphatic carbocycles. The highest BCUT2D eigenvalue weighted by molar-refractivity contribution is 9.26. The quantitative estimate of drug-likeness (QED) is 0.539. The van der Waals surface area contributed by atoms with E-state index in [-0.39, 0.29) is 5.91 Å². The largest absolute Gasteiger partial charge is 0.480 e. The van der Waals surface area contributed by atoms with Crippen molar-refractivity contribution in [1.82, 2.24) is 4.90 Å². The van der Waals surface area contributed by atoms with Crippen LogP contribution in [-0.2, 0) is 20.4 Å². The van der Waals surface area contributed by atoms with Crippen LogP contribution in [0.4, 0.5) is 0 Å². The van der Waals surface area contributed by atoms with Crippen LogP contribution in [0.2, 0.25) is 0 Å². The first-order valence-corrected chi connectivity index (χ1v) is 7.27. The van der Waals surface area contributed by atoms with Gasteiger partial charge < -0.3 is 10.0 Å². The number of carboxylic acids is 1. The Bertz CT molecular complexity index is 422. The maximum absolute atomic E-state index is 12.2. The Morgan fingerprint density at radius 1 is 1.50 bits per heavy atom. The molecule has 2 aliphatic heterocycles. The number of carboxylic acid groups (broad SMARTS) is 1. The molecular formula is C8H9Br2NO4S. The molecule has 8 heteroatoms. The second-order valence-electron chi connectivity index (χ2n) is 4.33. The Morgan fingerprint density at radius 3 is 2.44 bits per heavy atom. The fraction of sp³-hybridized carbons (Fsp3) is 0.750. The molecule has 1 N–H and O–H groups in total. The first kappa shape index (κ1) is 12.5. The summed E-state index contributed by atoms with van der Waals surface area (Å²) < 4.78 is 10.1. The zero-order valence-electron chi connectivity index (χ0n) is 8.44. The van der Waals surface area contributed by atoms with Gasteiger partial charge in [-0.05, 0) is 13.8 Å². The summed E-state index contributed by atoms with van der Waals surface area (Å²) in [5.74, 6) is -1.51. The van der Waals surface area contributed by atoms with E-state index in [0.29, 0.717) is 0 Å². The van der Waals surface area contributed by atoms with E-state index in [2.05, 4.69) is 31.9 Å². The molecule has 2 rings (SSSR count). The zero-order chi connectivity index (χ0) is 12.5. The number of amides is 1. The van der Waals surface area contributed by atoms with Gasteiger partial charge in [-0.3, -0.25) is 9.00 Å². The number of carbonyl (C=O) groups excluding carboxylic acids is 1. The standard InChI is InChI=1S/C8H9Br2NO4S/c1-7(2)3(4(12)13)11-5(14)8(9,10)6(11)16(7)15/h3,6H,1-2H3,(H,12,13)/t3-,6+,16+/m1/s1. The SMILES string of the molecule is CC1(C)[C@@H](C(=O)O)N2C(=O)C(Br)(Br)[C@@H]2[S@@]1=O. The second-order valence-corrected chi connectivity index (χ2v) is 9.99. The van der Waals surface area contributed by atoms with Gasteiger partial charge in [0.1, 0.15) is 11.4 Å². The lowest BCUT2D eigenvalue weighted by Gasteiger charge is -2.45. The van der Waals surface area contributed by atoms with E-state index >= 15 is 0 Å². The maximum Gasteiger partial charge on any atom is 0.328 e. The van der Waals surface area contributed by atoms with Crippen LogP contribution >= 0.6 is 31.9 Å². The molecule has 2 fully saturated rings. The molecular weight excluding hydrogens is 366 g/mol. The van der Waals surface area contributed by atoms with Crippen molar-refractivity contribution >= 4 is 54.5 Å². The van der Waals surface area contributed by atoms with Gasteiger partial charge in [-0.2, -0.15) is 0 Å². The minimum atomic E-state index is -1.43. The van der Waals surface area contributed by atoms with E-state index in [1.165, 1.54) is 4.90 Å². The summed E-state index contributed by atoms with van der Waals surface area (Å²) in [6.07, 6.45) is 0. The number of aliphatic carboxylic acids is 1. The van der Waals surface area contributed by atoms with Crippen LogP contribution in [-0.4, -0.2) is 45.5 Å². The number of halogens is 2. The molecule has 0 saturated carbocycles. The number of β-lactam (4-membered cyclic amide) rings is 1. The minimum Gasteiger partial charge on any atom is -0.480 e. The molecule has 0 unspecified atom stereocenters. The fourth-order valence-electron chi connectivity index (χ4n) is 2.13. The van der Waals surface area contributed by atoms with Gasteiger partial charge in [0.2, 0.25) is 0 Å². The highest BCUT2D eigenvalue weighted by Gasteiger charge is 2.73. The Labute approximate surface area is 111 Å². The van der Waals surface area contributed by atoms with E-state index in [0.717, 1.165) is 0 Å². The molecule has 1 amide bonds. The first-order chi connectivity index (χ1) is 7.13. The van der Waals surface area contributed by atoms with Crippen molar-refractivity contribution < 1.29 is 18.9 Å². The Balaban J connectivity index is 2.50. The normalized spacial score (nSPS) is 39.1. The summed E-state index contributed by atoms with van der Waals surface area (Å²) >= 11 is 6.29. The molecule has 3 atom stereocenters. The highest BCUT2D eigenvalue weighted by Crippen LogP contribution is 2.54. The Morgan fingerprint density at radius 2 is 2.00 bits per heavy atom. The number of nitrogens with zero attached hydrogens (tertiary/aromatic N) is 1. The van der Waals surface area contributed by atoms with Crippen molar-refractivity contribution in [2.24, 2.45) is 0 Å². The van der Waals surface area contributed by atoms with Gasteiger partial charge in [-0.15, -0.1) is 0 Å². The Hall–Kier alpha value is 0.0500. The van der Waals surface area contributed by atoms with Gasteiger partial charge in [0.25, 0.3) is 5.91 Å². The van der Waals surface area contributed by atoms with Gasteiger partial charge in [-0.25, -0.2) is 4.79 Å². The fourth-order valence-corrected chi connectivity index (χ4v) is 5.80. The van der Waals surface area contributed by atoms with E-state index in [1.807, 2.05) is 0 Å². The third-order valence-corrected chi connectivity index (χ3v) is 7.37. The van der Waals surface area contributed by atoms with E-state index in [9.17, 15) is 13.8 Å². The molecule has 2 saturated heterocycles. The van der Waals surface area contributed by atoms with Crippen molar-refractivity contribution in [3.05, 3.63) is 0 Å². The predicted octanol–water partition coefficient (Wildman–Crippen LogP) is 0.635. The van der Waals surface area contributed by atoms with Gasteiger partial charge in [0.05, 0.1) is 15.5 Å². The molecule has 16 heavy (non-hydrogen) atoms. The molecule has 0 aromatic heterocycles. The summed E-state index contributed by atoms with van der Waals surface area (Å²) in [6.45, 7) is 3.20. The molecule has 0 bridgehead atoms. The van der Waals surface area contributed by atoms with Gasteiger partial charge in [-0.1, -0.05) is 31.9 Å². The number of fused-ring (bicyclic) bond motifs is 1. The average molecular weight is 375 g/mol. The minimum absolute atomic E-state index is 0.385. The van der Waals surface area contributed by atoms with Gasteiger partial charge in [0, 0.05) is 0 Å². The topological polar surface area (TPSA) is 74.7 Å². The lowest BCUT2D eigenvalue weighted by molar-refractivity contribution is -0.157. The van der Waals surface area contributed by atoms with Crippen LogP contribution in [0.3, 0.4) is 0 Å². The summed E-state index contributed by atoms with van der Waals surface area (Å²) in [7, 11) is -1.43. The number of alkyl halides is 2. The van der Waals surface area contributed by atoms with Crippen LogP contribution in [0.25, 0.3) is 0 Å². The lowest BCUT2D eigenvalue weighted by Crippen LogP contribution is -2.69. The molecule has 0 radical (unpaired) electrons. The predicted molar refractivity (Wildman–Crippen MR) is 64.9 cm³/mol. The summed E-state index contributed by atoms with van der Waals surface area (Å²) in [5, 5.41) is 8.49. The van der Waals surface area contributed by atoms with Gasteiger partial charge in [0.15, 0.2) is 3.23 Å². The molecule has 90 valence electrons. The van der Waals surface area contributed by atoms with Crippen molar-refractivity contribution in [3.63, 3.8) is 0 Å². The number of hydrogen-bond donors (Lipinski definition) is 1. The Kier molecular flexibility index (Phi) is 2.57. The van der Waals surface area contributed by atoms with Crippen molar-refractivity contribution in [2.45, 2.75) is 33.2 Å². The molecule has 5 nitrogen and oxygen atoms in total. The number of rotatable bonds is 1. The zero-order valence-corrected chi connectivity index (χ0v) is 12.4. The van der Waals surface area contributed by atoms with Crippen LogP contribution in [0.15, 0.2) is 0 Å². The molecule has 2 aliphatic rings. The smallest absolute Gasteiger partial charge is 0.328 e. The van der Waals surface area contributed by atoms with E-state index < -0.39 is 36.2 Å². The molecule has 0 aromatic carbocycles. The maximum atomic E-state index is 12.2. The van der Waals surface area contributed by atoms with E-state index in [4.69, 9.17) is 5.11 Å². The average Bonchev–Trinajstić information content (AvgIpc) is 2.33. The van der Waals surface area contributed by atoms with E-state index in [1.54, 1.807) is 13.8 Å². The first-order valence-electron chi connectivity index (χ1n) is 4.47. The van der Waals surface area contributed by atoms with Crippen LogP contribution in [0.5, 0.6) is 0 Å². The van der Waals surface area contributed by atoms with Crippen molar-refractivity contribution in [2.75, 3.05) is 0 Å². The third kappa shape index (κ3) is 1.23. The molecule has 2 heterocycles. The van der Waals surface area contributed by atoms with Gasteiger partial charge >= 0.3 is 5.97 Å². The van der Waals surface area contributed by atoms with Crippen molar-refractivity contribution in [3.8, 4) is 0 Å². The second kappa shape index (κ2) is 3.29. The highest BCUT2D eigenvalue weighted by atomic mass is 79.9. The van der Waals surface area contributed by atoms with Crippen LogP contribution in [0, 0.1) is 0 Å². The molecule has 0 aromatic rings. The van der Waals surface area contributed by atoms with Crippen molar-refractivity contribution in [1.29, 1.82) is 0 Å². The monoisotopic (exact) mass is 373 g/mol. The summed E-state index contributed by atoms with van der Waals surface area (Å²) in [5.41, 5.74) is 0. The number of carbonyl (C=O) groups is 2.